The maximum Gasteiger partial charge on any atom is 0.282 e. The van der Waals surface area contributed by atoms with E-state index in [0.29, 0.717) is 39.9 Å². The highest BCUT2D eigenvalue weighted by Gasteiger charge is 2.40. The second-order valence-corrected chi connectivity index (χ2v) is 7.93. The molecule has 0 bridgehead atoms. The number of hydrogen-bond acceptors (Lipinski definition) is 4. The quantitative estimate of drug-likeness (QED) is 0.463. The summed E-state index contributed by atoms with van der Waals surface area (Å²) in [5, 5.41) is 3.79. The molecule has 0 saturated carbocycles. The lowest BCUT2D eigenvalue weighted by Gasteiger charge is -2.17. The van der Waals surface area contributed by atoms with E-state index in [2.05, 4.69) is 5.32 Å². The van der Waals surface area contributed by atoms with E-state index in [9.17, 15) is 9.59 Å². The third-order valence-corrected chi connectivity index (χ3v) is 5.38. The molecule has 0 fully saturated rings. The van der Waals surface area contributed by atoms with Crippen LogP contribution in [0.4, 0.5) is 11.4 Å². The minimum absolute atomic E-state index is 0.228. The average Bonchev–Trinajstić information content (AvgIpc) is 3.04. The number of anilines is 2. The lowest BCUT2D eigenvalue weighted by atomic mass is 10.0. The Bertz CT molecular complexity index is 1200. The van der Waals surface area contributed by atoms with E-state index in [4.69, 9.17) is 16.3 Å². The number of rotatable bonds is 7. The predicted molar refractivity (Wildman–Crippen MR) is 128 cm³/mol. The van der Waals surface area contributed by atoms with Gasteiger partial charge < -0.3 is 10.1 Å². The first-order valence-corrected chi connectivity index (χ1v) is 10.8. The number of carbonyl (C=O) groups excluding carboxylic acids is 2. The van der Waals surface area contributed by atoms with Crippen LogP contribution in [0.1, 0.15) is 24.5 Å². The van der Waals surface area contributed by atoms with E-state index in [0.717, 1.165) is 12.0 Å². The summed E-state index contributed by atoms with van der Waals surface area (Å²) < 4.78 is 5.70. The molecular formula is C26H23ClN2O3. The summed E-state index contributed by atoms with van der Waals surface area (Å²) in [5.74, 6) is -0.194. The van der Waals surface area contributed by atoms with Gasteiger partial charge in [0.1, 0.15) is 11.4 Å². The highest BCUT2D eigenvalue weighted by Crippen LogP contribution is 2.35. The molecule has 32 heavy (non-hydrogen) atoms. The summed E-state index contributed by atoms with van der Waals surface area (Å²) in [6, 6.07) is 21.6. The van der Waals surface area contributed by atoms with Crippen LogP contribution < -0.4 is 15.0 Å². The first-order chi connectivity index (χ1) is 15.5. The fourth-order valence-corrected chi connectivity index (χ4v) is 3.81. The molecule has 3 aromatic carbocycles. The van der Waals surface area contributed by atoms with Gasteiger partial charge in [0.05, 0.1) is 17.9 Å². The number of aryl methyl sites for hydroxylation is 1. The van der Waals surface area contributed by atoms with Crippen molar-refractivity contribution in [3.05, 3.63) is 94.6 Å². The van der Waals surface area contributed by atoms with Gasteiger partial charge in [-0.25, -0.2) is 4.90 Å². The minimum Gasteiger partial charge on any atom is -0.494 e. The number of hydrogen-bond donors (Lipinski definition) is 1. The molecule has 4 rings (SSSR count). The average molecular weight is 447 g/mol. The zero-order chi connectivity index (χ0) is 22.7. The van der Waals surface area contributed by atoms with Crippen LogP contribution in [0, 0.1) is 6.92 Å². The Morgan fingerprint density at radius 2 is 1.72 bits per heavy atom. The molecule has 0 spiro atoms. The maximum atomic E-state index is 13.5. The molecule has 1 aliphatic rings. The summed E-state index contributed by atoms with van der Waals surface area (Å²) in [7, 11) is 0. The second kappa shape index (κ2) is 9.28. The fourth-order valence-electron chi connectivity index (χ4n) is 3.59. The van der Waals surface area contributed by atoms with Crippen molar-refractivity contribution in [1.29, 1.82) is 0 Å². The zero-order valence-electron chi connectivity index (χ0n) is 17.9. The Kier molecular flexibility index (Phi) is 6.28. The summed E-state index contributed by atoms with van der Waals surface area (Å²) in [6.45, 7) is 4.47. The van der Waals surface area contributed by atoms with Gasteiger partial charge in [-0.3, -0.25) is 9.59 Å². The van der Waals surface area contributed by atoms with Gasteiger partial charge in [-0.15, -0.1) is 0 Å². The van der Waals surface area contributed by atoms with E-state index in [1.54, 1.807) is 36.4 Å². The van der Waals surface area contributed by atoms with Crippen LogP contribution in [0.25, 0.3) is 5.57 Å². The highest BCUT2D eigenvalue weighted by atomic mass is 35.5. The Morgan fingerprint density at radius 3 is 2.44 bits per heavy atom. The van der Waals surface area contributed by atoms with Crippen molar-refractivity contribution in [2.75, 3.05) is 16.8 Å². The molecule has 0 aromatic heterocycles. The maximum absolute atomic E-state index is 13.5. The monoisotopic (exact) mass is 446 g/mol. The van der Waals surface area contributed by atoms with Crippen molar-refractivity contribution >= 4 is 40.4 Å². The first-order valence-electron chi connectivity index (χ1n) is 10.4. The largest absolute Gasteiger partial charge is 0.494 e. The third-order valence-electron chi connectivity index (χ3n) is 5.14. The predicted octanol–water partition coefficient (Wildman–Crippen LogP) is 5.83. The van der Waals surface area contributed by atoms with Crippen LogP contribution in [0.15, 0.2) is 78.5 Å². The minimum atomic E-state index is -0.421. The van der Waals surface area contributed by atoms with Gasteiger partial charge >= 0.3 is 0 Å². The molecule has 0 saturated heterocycles. The molecule has 3 aromatic rings. The molecule has 1 heterocycles. The number of ether oxygens (including phenoxy) is 1. The summed E-state index contributed by atoms with van der Waals surface area (Å²) in [5.41, 5.74) is 3.26. The van der Waals surface area contributed by atoms with E-state index in [1.165, 1.54) is 4.90 Å². The number of benzene rings is 3. The number of amides is 2. The molecule has 0 radical (unpaired) electrons. The van der Waals surface area contributed by atoms with E-state index in [-0.39, 0.29) is 11.6 Å². The molecule has 0 atom stereocenters. The fraction of sp³-hybridized carbons (Fsp3) is 0.154. The van der Waals surface area contributed by atoms with Crippen LogP contribution >= 0.6 is 11.6 Å². The van der Waals surface area contributed by atoms with Gasteiger partial charge in [-0.1, -0.05) is 54.9 Å². The molecule has 1 aliphatic heterocycles. The smallest absolute Gasteiger partial charge is 0.282 e. The van der Waals surface area contributed by atoms with Crippen LogP contribution in [-0.4, -0.2) is 18.4 Å². The van der Waals surface area contributed by atoms with Crippen LogP contribution in [0.3, 0.4) is 0 Å². The summed E-state index contributed by atoms with van der Waals surface area (Å²) >= 11 is 6.08. The number of nitrogens with one attached hydrogen (secondary N) is 1. The number of carbonyl (C=O) groups is 2. The molecular weight excluding hydrogens is 424 g/mol. The third kappa shape index (κ3) is 4.25. The summed E-state index contributed by atoms with van der Waals surface area (Å²) in [4.78, 5) is 28.2. The van der Waals surface area contributed by atoms with E-state index < -0.39 is 5.91 Å². The van der Waals surface area contributed by atoms with E-state index >= 15 is 0 Å². The van der Waals surface area contributed by atoms with Gasteiger partial charge in [0.15, 0.2) is 0 Å². The molecule has 5 nitrogen and oxygen atoms in total. The highest BCUT2D eigenvalue weighted by molar-refractivity contribution is 6.46. The Morgan fingerprint density at radius 1 is 0.938 bits per heavy atom. The standard InChI is InChI=1S/C26H23ClN2O3/c1-3-14-32-21-11-7-10-20(16-21)29-25(30)23(18-8-5-4-6-9-18)24(26(29)31)28-22-13-12-19(27)15-17(22)2/h4-13,15-16,28H,3,14H2,1-2H3. The van der Waals surface area contributed by atoms with Gasteiger partial charge in [0.2, 0.25) is 0 Å². The first kappa shape index (κ1) is 21.7. The molecule has 0 unspecified atom stereocenters. The lowest BCUT2D eigenvalue weighted by molar-refractivity contribution is -0.120. The van der Waals surface area contributed by atoms with Gasteiger partial charge in [0.25, 0.3) is 11.8 Å². The van der Waals surface area contributed by atoms with Crippen LogP contribution in [-0.2, 0) is 9.59 Å². The molecule has 162 valence electrons. The molecule has 0 aliphatic carbocycles. The second-order valence-electron chi connectivity index (χ2n) is 7.49. The molecule has 6 heteroatoms. The Hall–Kier alpha value is -3.57. The Labute approximate surface area is 192 Å². The lowest BCUT2D eigenvalue weighted by Crippen LogP contribution is -2.32. The van der Waals surface area contributed by atoms with Crippen molar-refractivity contribution in [3.63, 3.8) is 0 Å². The molecule has 1 N–H and O–H groups in total. The summed E-state index contributed by atoms with van der Waals surface area (Å²) in [6.07, 6.45) is 0.861. The van der Waals surface area contributed by atoms with Crippen molar-refractivity contribution in [2.45, 2.75) is 20.3 Å². The molecule has 2 amide bonds. The van der Waals surface area contributed by atoms with E-state index in [1.807, 2.05) is 50.2 Å². The topological polar surface area (TPSA) is 58.6 Å². The van der Waals surface area contributed by atoms with Gasteiger partial charge in [-0.2, -0.15) is 0 Å². The normalized spacial score (nSPS) is 13.7. The van der Waals surface area contributed by atoms with Crippen LogP contribution in [0.2, 0.25) is 5.02 Å². The number of halogens is 1. The SMILES string of the molecule is CCCOc1cccc(N2C(=O)C(Nc3ccc(Cl)cc3C)=C(c3ccccc3)C2=O)c1. The van der Waals surface area contributed by atoms with Crippen molar-refractivity contribution in [3.8, 4) is 5.75 Å². The van der Waals surface area contributed by atoms with Crippen LogP contribution in [0.5, 0.6) is 5.75 Å². The van der Waals surface area contributed by atoms with Crippen molar-refractivity contribution < 1.29 is 14.3 Å². The zero-order valence-corrected chi connectivity index (χ0v) is 18.6. The van der Waals surface area contributed by atoms with Gasteiger partial charge in [-0.05, 0) is 54.8 Å². The Balaban J connectivity index is 1.77. The number of imide groups is 1. The number of nitrogens with zero attached hydrogens (tertiary/aromatic N) is 1. The van der Waals surface area contributed by atoms with Crippen molar-refractivity contribution in [2.24, 2.45) is 0 Å². The van der Waals surface area contributed by atoms with Gasteiger partial charge in [0, 0.05) is 16.8 Å². The van der Waals surface area contributed by atoms with Crippen molar-refractivity contribution in [1.82, 2.24) is 0 Å².